The van der Waals surface area contributed by atoms with Crippen molar-refractivity contribution in [1.29, 1.82) is 0 Å². The maximum Gasteiger partial charge on any atom is 0.315 e. The molecule has 0 aliphatic heterocycles. The molecular weight excluding hydrogens is 307 g/mol. The van der Waals surface area contributed by atoms with Crippen molar-refractivity contribution in [2.75, 3.05) is 6.54 Å². The number of nitrogens with zero attached hydrogens (tertiary/aromatic N) is 1. The van der Waals surface area contributed by atoms with Crippen molar-refractivity contribution >= 4 is 17.6 Å². The number of aromatic nitrogens is 2. The highest BCUT2D eigenvalue weighted by Crippen LogP contribution is 2.15. The van der Waals surface area contributed by atoms with Crippen LogP contribution < -0.4 is 10.6 Å². The van der Waals surface area contributed by atoms with E-state index < -0.39 is 5.82 Å². The molecule has 0 saturated carbocycles. The summed E-state index contributed by atoms with van der Waals surface area (Å²) >= 11 is 5.68. The Labute approximate surface area is 133 Å². The zero-order valence-corrected chi connectivity index (χ0v) is 13.0. The Kier molecular flexibility index (Phi) is 5.77. The molecule has 2 aromatic rings. The highest BCUT2D eigenvalue weighted by atomic mass is 35.5. The normalized spacial score (nSPS) is 10.5. The lowest BCUT2D eigenvalue weighted by Gasteiger charge is -2.08. The fourth-order valence-electron chi connectivity index (χ4n) is 2.00. The van der Waals surface area contributed by atoms with Gasteiger partial charge in [0.1, 0.15) is 5.82 Å². The summed E-state index contributed by atoms with van der Waals surface area (Å²) in [6.45, 7) is 2.84. The van der Waals surface area contributed by atoms with Crippen molar-refractivity contribution in [1.82, 2.24) is 20.8 Å². The van der Waals surface area contributed by atoms with Crippen molar-refractivity contribution in [2.45, 2.75) is 26.3 Å². The van der Waals surface area contributed by atoms with Crippen LogP contribution in [0.15, 0.2) is 24.4 Å². The summed E-state index contributed by atoms with van der Waals surface area (Å²) in [5, 5.41) is 12.4. The standard InChI is InChI=1S/C15H18ClFN4O/c1-10-12(9-20-21-10)3-2-6-18-15(22)19-8-11-4-5-14(17)13(16)7-11/h4-5,7,9H,2-3,6,8H2,1H3,(H,20,21)(H2,18,19,22). The van der Waals surface area contributed by atoms with Crippen molar-refractivity contribution in [2.24, 2.45) is 0 Å². The molecule has 2 rings (SSSR count). The topological polar surface area (TPSA) is 69.8 Å². The molecular formula is C15H18ClFN4O. The molecule has 0 aliphatic carbocycles. The van der Waals surface area contributed by atoms with E-state index in [1.807, 2.05) is 6.92 Å². The van der Waals surface area contributed by atoms with Crippen LogP contribution in [-0.2, 0) is 13.0 Å². The van der Waals surface area contributed by atoms with Crippen LogP contribution in [0.5, 0.6) is 0 Å². The van der Waals surface area contributed by atoms with Gasteiger partial charge in [-0.05, 0) is 43.0 Å². The highest BCUT2D eigenvalue weighted by Gasteiger charge is 2.04. The summed E-state index contributed by atoms with van der Waals surface area (Å²) in [7, 11) is 0. The number of hydrogen-bond donors (Lipinski definition) is 3. The number of urea groups is 1. The van der Waals surface area contributed by atoms with Crippen LogP contribution in [0.3, 0.4) is 0 Å². The average Bonchev–Trinajstić information content (AvgIpc) is 2.90. The fraction of sp³-hybridized carbons (Fsp3) is 0.333. The van der Waals surface area contributed by atoms with Gasteiger partial charge in [0.2, 0.25) is 0 Å². The molecule has 0 saturated heterocycles. The molecule has 5 nitrogen and oxygen atoms in total. The number of aromatic amines is 1. The first kappa shape index (κ1) is 16.3. The third-order valence-electron chi connectivity index (χ3n) is 3.28. The molecule has 1 heterocycles. The Morgan fingerprint density at radius 1 is 1.41 bits per heavy atom. The van der Waals surface area contributed by atoms with Crippen LogP contribution in [-0.4, -0.2) is 22.8 Å². The van der Waals surface area contributed by atoms with Crippen molar-refractivity contribution < 1.29 is 9.18 Å². The third-order valence-corrected chi connectivity index (χ3v) is 3.57. The van der Waals surface area contributed by atoms with Crippen molar-refractivity contribution in [3.05, 3.63) is 52.1 Å². The van der Waals surface area contributed by atoms with Crippen molar-refractivity contribution in [3.63, 3.8) is 0 Å². The molecule has 0 radical (unpaired) electrons. The number of hydrogen-bond acceptors (Lipinski definition) is 2. The summed E-state index contributed by atoms with van der Waals surface area (Å²) in [6, 6.07) is 4.11. The summed E-state index contributed by atoms with van der Waals surface area (Å²) in [5.41, 5.74) is 2.95. The predicted octanol–water partition coefficient (Wildman–Crippen LogP) is 2.94. The van der Waals surface area contributed by atoms with E-state index in [1.165, 1.54) is 12.1 Å². The molecule has 22 heavy (non-hydrogen) atoms. The maximum absolute atomic E-state index is 13.0. The van der Waals surface area contributed by atoms with Crippen LogP contribution in [0.2, 0.25) is 5.02 Å². The average molecular weight is 325 g/mol. The molecule has 0 bridgehead atoms. The van der Waals surface area contributed by atoms with E-state index in [-0.39, 0.29) is 11.1 Å². The van der Waals surface area contributed by atoms with Crippen LogP contribution >= 0.6 is 11.6 Å². The molecule has 0 spiro atoms. The number of carbonyl (C=O) groups excluding carboxylic acids is 1. The number of amides is 2. The van der Waals surface area contributed by atoms with Crippen LogP contribution in [0.1, 0.15) is 23.2 Å². The first-order chi connectivity index (χ1) is 10.6. The SMILES string of the molecule is Cc1[nH]ncc1CCCNC(=O)NCc1ccc(F)c(Cl)c1. The van der Waals surface area contributed by atoms with E-state index in [1.54, 1.807) is 12.3 Å². The number of benzene rings is 1. The molecule has 0 unspecified atom stereocenters. The van der Waals surface area contributed by atoms with Crippen LogP contribution in [0.4, 0.5) is 9.18 Å². The van der Waals surface area contributed by atoms with Gasteiger partial charge in [0.05, 0.1) is 11.2 Å². The van der Waals surface area contributed by atoms with E-state index in [9.17, 15) is 9.18 Å². The number of H-pyrrole nitrogens is 1. The Morgan fingerprint density at radius 2 is 2.23 bits per heavy atom. The molecule has 7 heteroatoms. The summed E-state index contributed by atoms with van der Waals surface area (Å²) in [4.78, 5) is 11.6. The molecule has 1 aromatic heterocycles. The summed E-state index contributed by atoms with van der Waals surface area (Å²) in [6.07, 6.45) is 3.49. The van der Waals surface area contributed by atoms with Crippen LogP contribution in [0, 0.1) is 12.7 Å². The van der Waals surface area contributed by atoms with Gasteiger partial charge < -0.3 is 10.6 Å². The Balaban J connectivity index is 1.65. The van der Waals surface area contributed by atoms with E-state index in [2.05, 4.69) is 20.8 Å². The van der Waals surface area contributed by atoms with E-state index in [0.717, 1.165) is 29.7 Å². The highest BCUT2D eigenvalue weighted by molar-refractivity contribution is 6.30. The number of rotatable bonds is 6. The van der Waals surface area contributed by atoms with Gasteiger partial charge in [-0.1, -0.05) is 17.7 Å². The van der Waals surface area contributed by atoms with Gasteiger partial charge in [-0.15, -0.1) is 0 Å². The lowest BCUT2D eigenvalue weighted by atomic mass is 10.1. The molecule has 0 aliphatic rings. The van der Waals surface area contributed by atoms with E-state index >= 15 is 0 Å². The zero-order chi connectivity index (χ0) is 15.9. The summed E-state index contributed by atoms with van der Waals surface area (Å²) < 4.78 is 13.0. The van der Waals surface area contributed by atoms with Gasteiger partial charge in [0.15, 0.2) is 0 Å². The van der Waals surface area contributed by atoms with Gasteiger partial charge in [0, 0.05) is 18.8 Å². The minimum absolute atomic E-state index is 0.0511. The molecule has 0 atom stereocenters. The second-order valence-corrected chi connectivity index (χ2v) is 5.39. The predicted molar refractivity (Wildman–Crippen MR) is 83.3 cm³/mol. The van der Waals surface area contributed by atoms with Gasteiger partial charge >= 0.3 is 6.03 Å². The number of halogens is 2. The first-order valence-corrected chi connectivity index (χ1v) is 7.38. The van der Waals surface area contributed by atoms with Gasteiger partial charge in [-0.3, -0.25) is 5.10 Å². The zero-order valence-electron chi connectivity index (χ0n) is 12.2. The van der Waals surface area contributed by atoms with Gasteiger partial charge in [0.25, 0.3) is 0 Å². The number of nitrogens with one attached hydrogen (secondary N) is 3. The Bertz CT molecular complexity index is 644. The lowest BCUT2D eigenvalue weighted by Crippen LogP contribution is -2.35. The molecule has 3 N–H and O–H groups in total. The van der Waals surface area contributed by atoms with Gasteiger partial charge in [-0.2, -0.15) is 5.10 Å². The molecule has 1 aromatic carbocycles. The van der Waals surface area contributed by atoms with E-state index in [4.69, 9.17) is 11.6 Å². The second kappa shape index (κ2) is 7.79. The van der Waals surface area contributed by atoms with E-state index in [0.29, 0.717) is 13.1 Å². The molecule has 118 valence electrons. The number of aryl methyl sites for hydroxylation is 2. The molecule has 2 amide bonds. The lowest BCUT2D eigenvalue weighted by molar-refractivity contribution is 0.240. The minimum atomic E-state index is -0.468. The minimum Gasteiger partial charge on any atom is -0.338 e. The van der Waals surface area contributed by atoms with Gasteiger partial charge in [-0.25, -0.2) is 9.18 Å². The quantitative estimate of drug-likeness (QED) is 0.715. The fourth-order valence-corrected chi connectivity index (χ4v) is 2.21. The number of carbonyl (C=O) groups is 1. The third kappa shape index (κ3) is 4.73. The monoisotopic (exact) mass is 324 g/mol. The Morgan fingerprint density at radius 3 is 2.91 bits per heavy atom. The first-order valence-electron chi connectivity index (χ1n) is 7.00. The second-order valence-electron chi connectivity index (χ2n) is 4.98. The Hall–Kier alpha value is -2.08. The largest absolute Gasteiger partial charge is 0.338 e. The van der Waals surface area contributed by atoms with Crippen LogP contribution in [0.25, 0.3) is 0 Å². The summed E-state index contributed by atoms with van der Waals surface area (Å²) in [5.74, 6) is -0.468. The smallest absolute Gasteiger partial charge is 0.315 e. The molecule has 0 fully saturated rings. The maximum atomic E-state index is 13.0. The van der Waals surface area contributed by atoms with Crippen molar-refractivity contribution in [3.8, 4) is 0 Å².